The second-order valence-electron chi connectivity index (χ2n) is 5.24. The first-order valence-electron chi connectivity index (χ1n) is 5.30. The summed E-state index contributed by atoms with van der Waals surface area (Å²) in [6.07, 6.45) is 2.66. The van der Waals surface area contributed by atoms with Crippen LogP contribution in [0.5, 0.6) is 0 Å². The predicted molar refractivity (Wildman–Crippen MR) is 55.9 cm³/mol. The summed E-state index contributed by atoms with van der Waals surface area (Å²) in [7, 11) is 0. The maximum Gasteiger partial charge on any atom is 0.0534 e. The number of hydrogen-bond acceptors (Lipinski definition) is 2. The highest BCUT2D eigenvalue weighted by Gasteiger charge is 2.42. The molecule has 0 radical (unpaired) electrons. The highest BCUT2D eigenvalue weighted by molar-refractivity contribution is 4.96. The Morgan fingerprint density at radius 2 is 1.92 bits per heavy atom. The molecular weight excluding hydrogens is 162 g/mol. The Bertz CT molecular complexity index is 156. The minimum atomic E-state index is 0.238. The maximum absolute atomic E-state index is 5.49. The zero-order valence-corrected chi connectivity index (χ0v) is 9.44. The van der Waals surface area contributed by atoms with Gasteiger partial charge in [0.15, 0.2) is 0 Å². The fourth-order valence-electron chi connectivity index (χ4n) is 1.32. The van der Waals surface area contributed by atoms with E-state index in [2.05, 4.69) is 33.0 Å². The Labute approximate surface area is 82.0 Å². The molecule has 1 rings (SSSR count). The van der Waals surface area contributed by atoms with E-state index in [1.807, 2.05) is 0 Å². The van der Waals surface area contributed by atoms with Gasteiger partial charge in [0.1, 0.15) is 0 Å². The van der Waals surface area contributed by atoms with Crippen molar-refractivity contribution in [3.63, 3.8) is 0 Å². The first-order chi connectivity index (χ1) is 5.97. The van der Waals surface area contributed by atoms with Crippen LogP contribution in [0.25, 0.3) is 0 Å². The topological polar surface area (TPSA) is 21.3 Å². The molecule has 2 nitrogen and oxygen atoms in total. The zero-order chi connectivity index (χ0) is 9.95. The molecule has 0 aromatic heterocycles. The SMILES string of the molecule is CCOCC1(CNC(C)(C)C)CC1. The van der Waals surface area contributed by atoms with E-state index >= 15 is 0 Å². The maximum atomic E-state index is 5.49. The van der Waals surface area contributed by atoms with Crippen LogP contribution >= 0.6 is 0 Å². The van der Waals surface area contributed by atoms with Crippen molar-refractivity contribution in [2.75, 3.05) is 19.8 Å². The van der Waals surface area contributed by atoms with E-state index in [-0.39, 0.29) is 5.54 Å². The second-order valence-corrected chi connectivity index (χ2v) is 5.24. The van der Waals surface area contributed by atoms with Crippen LogP contribution in [0.3, 0.4) is 0 Å². The molecule has 0 atom stereocenters. The van der Waals surface area contributed by atoms with E-state index in [4.69, 9.17) is 4.74 Å². The molecule has 1 aliphatic rings. The van der Waals surface area contributed by atoms with Crippen LogP contribution in [0.4, 0.5) is 0 Å². The Kier molecular flexibility index (Phi) is 3.36. The van der Waals surface area contributed by atoms with Crippen LogP contribution in [-0.4, -0.2) is 25.3 Å². The fraction of sp³-hybridized carbons (Fsp3) is 1.00. The Morgan fingerprint density at radius 3 is 2.31 bits per heavy atom. The molecule has 0 bridgehead atoms. The molecule has 2 heteroatoms. The van der Waals surface area contributed by atoms with Gasteiger partial charge in [0.25, 0.3) is 0 Å². The molecule has 0 unspecified atom stereocenters. The summed E-state index contributed by atoms with van der Waals surface area (Å²) < 4.78 is 5.49. The molecule has 1 aliphatic carbocycles. The van der Waals surface area contributed by atoms with Crippen molar-refractivity contribution in [2.45, 2.75) is 46.1 Å². The quantitative estimate of drug-likeness (QED) is 0.709. The second kappa shape index (κ2) is 3.97. The van der Waals surface area contributed by atoms with E-state index in [9.17, 15) is 0 Å². The van der Waals surface area contributed by atoms with Crippen LogP contribution in [-0.2, 0) is 4.74 Å². The van der Waals surface area contributed by atoms with Gasteiger partial charge in [-0.15, -0.1) is 0 Å². The third kappa shape index (κ3) is 4.10. The molecule has 0 amide bonds. The molecule has 0 aromatic rings. The summed E-state index contributed by atoms with van der Waals surface area (Å²) in [5, 5.41) is 3.55. The van der Waals surface area contributed by atoms with Gasteiger partial charge in [-0.1, -0.05) is 0 Å². The van der Waals surface area contributed by atoms with Crippen LogP contribution in [0.15, 0.2) is 0 Å². The van der Waals surface area contributed by atoms with E-state index < -0.39 is 0 Å². The lowest BCUT2D eigenvalue weighted by Crippen LogP contribution is -2.40. The van der Waals surface area contributed by atoms with Crippen molar-refractivity contribution in [3.8, 4) is 0 Å². The molecule has 0 aliphatic heterocycles. The minimum Gasteiger partial charge on any atom is -0.381 e. The summed E-state index contributed by atoms with van der Waals surface area (Å²) in [6, 6.07) is 0. The van der Waals surface area contributed by atoms with Gasteiger partial charge in [0.05, 0.1) is 6.61 Å². The van der Waals surface area contributed by atoms with Crippen molar-refractivity contribution < 1.29 is 4.74 Å². The lowest BCUT2D eigenvalue weighted by Gasteiger charge is -2.25. The van der Waals surface area contributed by atoms with Crippen molar-refractivity contribution in [3.05, 3.63) is 0 Å². The van der Waals surface area contributed by atoms with Crippen molar-refractivity contribution in [1.82, 2.24) is 5.32 Å². The number of ether oxygens (including phenoxy) is 1. The molecular formula is C11H23NO. The minimum absolute atomic E-state index is 0.238. The van der Waals surface area contributed by atoms with Crippen LogP contribution in [0.2, 0.25) is 0 Å². The molecule has 0 spiro atoms. The van der Waals surface area contributed by atoms with Gasteiger partial charge in [0.2, 0.25) is 0 Å². The first kappa shape index (κ1) is 11.0. The lowest BCUT2D eigenvalue weighted by molar-refractivity contribution is 0.0970. The highest BCUT2D eigenvalue weighted by atomic mass is 16.5. The van der Waals surface area contributed by atoms with Crippen LogP contribution in [0.1, 0.15) is 40.5 Å². The van der Waals surface area contributed by atoms with Crippen molar-refractivity contribution >= 4 is 0 Å². The van der Waals surface area contributed by atoms with Gasteiger partial charge in [-0.25, -0.2) is 0 Å². The van der Waals surface area contributed by atoms with E-state index in [0.717, 1.165) is 19.8 Å². The molecule has 1 saturated carbocycles. The van der Waals surface area contributed by atoms with Gasteiger partial charge in [-0.05, 0) is 40.5 Å². The molecule has 0 saturated heterocycles. The Morgan fingerprint density at radius 1 is 1.31 bits per heavy atom. The van der Waals surface area contributed by atoms with Crippen molar-refractivity contribution in [1.29, 1.82) is 0 Å². The Balaban J connectivity index is 2.20. The molecule has 78 valence electrons. The van der Waals surface area contributed by atoms with Crippen LogP contribution in [0, 0.1) is 5.41 Å². The molecule has 1 fully saturated rings. The zero-order valence-electron chi connectivity index (χ0n) is 9.44. The smallest absolute Gasteiger partial charge is 0.0534 e. The van der Waals surface area contributed by atoms with Crippen LogP contribution < -0.4 is 5.32 Å². The first-order valence-corrected chi connectivity index (χ1v) is 5.30. The standard InChI is InChI=1S/C11H23NO/c1-5-13-9-11(6-7-11)8-12-10(2,3)4/h12H,5-9H2,1-4H3. The summed E-state index contributed by atoms with van der Waals surface area (Å²) in [4.78, 5) is 0. The largest absolute Gasteiger partial charge is 0.381 e. The van der Waals surface area contributed by atoms with E-state index in [0.29, 0.717) is 5.41 Å². The summed E-state index contributed by atoms with van der Waals surface area (Å²) in [6.45, 7) is 11.6. The number of rotatable bonds is 5. The van der Waals surface area contributed by atoms with E-state index in [1.165, 1.54) is 12.8 Å². The molecule has 1 N–H and O–H groups in total. The monoisotopic (exact) mass is 185 g/mol. The van der Waals surface area contributed by atoms with Gasteiger partial charge < -0.3 is 10.1 Å². The van der Waals surface area contributed by atoms with Gasteiger partial charge >= 0.3 is 0 Å². The molecule has 13 heavy (non-hydrogen) atoms. The Hall–Kier alpha value is -0.0800. The van der Waals surface area contributed by atoms with Gasteiger partial charge in [0, 0.05) is 24.1 Å². The third-order valence-corrected chi connectivity index (χ3v) is 2.56. The normalized spacial score (nSPS) is 20.3. The summed E-state index contributed by atoms with van der Waals surface area (Å²) in [5.74, 6) is 0. The summed E-state index contributed by atoms with van der Waals surface area (Å²) >= 11 is 0. The third-order valence-electron chi connectivity index (χ3n) is 2.56. The molecule has 0 heterocycles. The van der Waals surface area contributed by atoms with Crippen molar-refractivity contribution in [2.24, 2.45) is 5.41 Å². The van der Waals surface area contributed by atoms with Gasteiger partial charge in [-0.3, -0.25) is 0 Å². The highest BCUT2D eigenvalue weighted by Crippen LogP contribution is 2.45. The summed E-state index contributed by atoms with van der Waals surface area (Å²) in [5.41, 5.74) is 0.713. The van der Waals surface area contributed by atoms with E-state index in [1.54, 1.807) is 0 Å². The average Bonchev–Trinajstić information content (AvgIpc) is 2.77. The average molecular weight is 185 g/mol. The molecule has 0 aromatic carbocycles. The predicted octanol–water partition coefficient (Wildman–Crippen LogP) is 2.19. The lowest BCUT2D eigenvalue weighted by atomic mass is 10.0. The number of hydrogen-bond donors (Lipinski definition) is 1. The van der Waals surface area contributed by atoms with Gasteiger partial charge in [-0.2, -0.15) is 0 Å². The fourth-order valence-corrected chi connectivity index (χ4v) is 1.32. The number of nitrogens with one attached hydrogen (secondary N) is 1.